The maximum absolute atomic E-state index is 5.91. The van der Waals surface area contributed by atoms with Crippen LogP contribution in [0.1, 0.15) is 54.4 Å². The fourth-order valence-corrected chi connectivity index (χ4v) is 1.82. The van der Waals surface area contributed by atoms with Crippen LogP contribution in [0.15, 0.2) is 0 Å². The maximum atomic E-state index is 5.91. The van der Waals surface area contributed by atoms with Crippen molar-refractivity contribution >= 4 is 0 Å². The Morgan fingerprint density at radius 1 is 1.08 bits per heavy atom. The third kappa shape index (κ3) is 4.66. The molecular weight excluding hydrogens is 160 g/mol. The first-order valence-electron chi connectivity index (χ1n) is 5.35. The van der Waals surface area contributed by atoms with Crippen LogP contribution in [0.2, 0.25) is 0 Å². The topological polar surface area (TPSA) is 9.23 Å². The van der Waals surface area contributed by atoms with E-state index in [1.165, 1.54) is 12.8 Å². The summed E-state index contributed by atoms with van der Waals surface area (Å²) in [7, 11) is 0. The van der Waals surface area contributed by atoms with Gasteiger partial charge in [0.25, 0.3) is 0 Å². The van der Waals surface area contributed by atoms with Crippen molar-refractivity contribution < 1.29 is 4.74 Å². The highest BCUT2D eigenvalue weighted by molar-refractivity contribution is 4.91. The standard InChI is InChI=1S/C12H24O/c1-11(2,3)8-9-7-10(9)13-12(4,5)6/h9-10H,7-8H2,1-6H3. The van der Waals surface area contributed by atoms with Crippen molar-refractivity contribution in [1.29, 1.82) is 0 Å². The molecule has 2 atom stereocenters. The van der Waals surface area contributed by atoms with Gasteiger partial charge in [-0.1, -0.05) is 20.8 Å². The molecule has 0 aliphatic heterocycles. The van der Waals surface area contributed by atoms with E-state index in [2.05, 4.69) is 41.5 Å². The molecule has 1 aliphatic carbocycles. The van der Waals surface area contributed by atoms with Gasteiger partial charge in [0.05, 0.1) is 11.7 Å². The van der Waals surface area contributed by atoms with Crippen LogP contribution in [0.4, 0.5) is 0 Å². The quantitative estimate of drug-likeness (QED) is 0.637. The van der Waals surface area contributed by atoms with Crippen molar-refractivity contribution in [3.05, 3.63) is 0 Å². The highest BCUT2D eigenvalue weighted by Crippen LogP contribution is 2.44. The normalized spacial score (nSPS) is 29.1. The summed E-state index contributed by atoms with van der Waals surface area (Å²) >= 11 is 0. The molecule has 78 valence electrons. The van der Waals surface area contributed by atoms with E-state index in [0.717, 1.165) is 5.92 Å². The lowest BCUT2D eigenvalue weighted by atomic mass is 9.90. The number of hydrogen-bond acceptors (Lipinski definition) is 1. The third-order valence-corrected chi connectivity index (χ3v) is 2.24. The summed E-state index contributed by atoms with van der Waals surface area (Å²) in [6.45, 7) is 13.3. The van der Waals surface area contributed by atoms with Crippen LogP contribution < -0.4 is 0 Å². The maximum Gasteiger partial charge on any atom is 0.0615 e. The molecule has 0 aromatic rings. The monoisotopic (exact) mass is 184 g/mol. The zero-order valence-corrected chi connectivity index (χ0v) is 9.98. The minimum Gasteiger partial charge on any atom is -0.372 e. The number of ether oxygens (including phenoxy) is 1. The largest absolute Gasteiger partial charge is 0.372 e. The second-order valence-corrected chi connectivity index (χ2v) is 6.53. The van der Waals surface area contributed by atoms with E-state index < -0.39 is 0 Å². The molecule has 1 nitrogen and oxygen atoms in total. The Hall–Kier alpha value is -0.0400. The Morgan fingerprint density at radius 2 is 1.62 bits per heavy atom. The van der Waals surface area contributed by atoms with E-state index in [4.69, 9.17) is 4.74 Å². The summed E-state index contributed by atoms with van der Waals surface area (Å²) in [4.78, 5) is 0. The van der Waals surface area contributed by atoms with Gasteiger partial charge in [-0.3, -0.25) is 0 Å². The summed E-state index contributed by atoms with van der Waals surface area (Å²) in [5.41, 5.74) is 0.498. The zero-order valence-electron chi connectivity index (χ0n) is 9.98. The first-order valence-corrected chi connectivity index (χ1v) is 5.35. The summed E-state index contributed by atoms with van der Waals surface area (Å²) in [5.74, 6) is 0.819. The molecule has 0 heterocycles. The average molecular weight is 184 g/mol. The fourth-order valence-electron chi connectivity index (χ4n) is 1.82. The second-order valence-electron chi connectivity index (χ2n) is 6.53. The van der Waals surface area contributed by atoms with Crippen LogP contribution in [0, 0.1) is 11.3 Å². The lowest BCUT2D eigenvalue weighted by molar-refractivity contribution is -0.0238. The molecule has 0 amide bonds. The molecule has 0 aromatic heterocycles. The van der Waals surface area contributed by atoms with Crippen LogP contribution in [-0.4, -0.2) is 11.7 Å². The van der Waals surface area contributed by atoms with E-state index in [1.54, 1.807) is 0 Å². The van der Waals surface area contributed by atoms with Gasteiger partial charge in [0.1, 0.15) is 0 Å². The van der Waals surface area contributed by atoms with Crippen LogP contribution in [0.5, 0.6) is 0 Å². The van der Waals surface area contributed by atoms with Gasteiger partial charge in [0.2, 0.25) is 0 Å². The predicted octanol–water partition coefficient (Wildman–Crippen LogP) is 3.63. The Kier molecular flexibility index (Phi) is 2.78. The van der Waals surface area contributed by atoms with Crippen LogP contribution in [0.3, 0.4) is 0 Å². The van der Waals surface area contributed by atoms with Gasteiger partial charge in [-0.25, -0.2) is 0 Å². The van der Waals surface area contributed by atoms with E-state index >= 15 is 0 Å². The lowest BCUT2D eigenvalue weighted by Crippen LogP contribution is -2.21. The van der Waals surface area contributed by atoms with Crippen molar-refractivity contribution in [3.8, 4) is 0 Å². The van der Waals surface area contributed by atoms with Crippen LogP contribution in [-0.2, 0) is 4.74 Å². The highest BCUT2D eigenvalue weighted by Gasteiger charge is 2.42. The zero-order chi connectivity index (χ0) is 10.3. The molecule has 0 radical (unpaired) electrons. The average Bonchev–Trinajstić information content (AvgIpc) is 2.36. The van der Waals surface area contributed by atoms with E-state index in [-0.39, 0.29) is 5.60 Å². The van der Waals surface area contributed by atoms with Gasteiger partial charge in [-0.15, -0.1) is 0 Å². The van der Waals surface area contributed by atoms with E-state index in [9.17, 15) is 0 Å². The van der Waals surface area contributed by atoms with Gasteiger partial charge in [-0.05, 0) is 44.9 Å². The molecule has 0 bridgehead atoms. The molecular formula is C12H24O. The van der Waals surface area contributed by atoms with Crippen LogP contribution >= 0.6 is 0 Å². The van der Waals surface area contributed by atoms with Crippen LogP contribution in [0.25, 0.3) is 0 Å². The molecule has 1 rings (SSSR count). The fraction of sp³-hybridized carbons (Fsp3) is 1.00. The van der Waals surface area contributed by atoms with Crippen molar-refractivity contribution in [1.82, 2.24) is 0 Å². The van der Waals surface area contributed by atoms with Crippen molar-refractivity contribution in [2.75, 3.05) is 0 Å². The van der Waals surface area contributed by atoms with Gasteiger partial charge < -0.3 is 4.74 Å². The highest BCUT2D eigenvalue weighted by atomic mass is 16.5. The number of hydrogen-bond donors (Lipinski definition) is 0. The van der Waals surface area contributed by atoms with Gasteiger partial charge >= 0.3 is 0 Å². The summed E-state index contributed by atoms with van der Waals surface area (Å²) in [6.07, 6.45) is 3.11. The SMILES string of the molecule is CC(C)(C)CC1CC1OC(C)(C)C. The smallest absolute Gasteiger partial charge is 0.0615 e. The third-order valence-electron chi connectivity index (χ3n) is 2.24. The molecule has 1 saturated carbocycles. The Bertz CT molecular complexity index is 151. The Balaban J connectivity index is 2.24. The van der Waals surface area contributed by atoms with Crippen molar-refractivity contribution in [2.24, 2.45) is 11.3 Å². The van der Waals surface area contributed by atoms with Crippen molar-refractivity contribution in [2.45, 2.75) is 66.1 Å². The molecule has 0 spiro atoms. The first-order chi connectivity index (χ1) is 5.67. The summed E-state index contributed by atoms with van der Waals surface area (Å²) in [5, 5.41) is 0. The van der Waals surface area contributed by atoms with Gasteiger partial charge in [0, 0.05) is 0 Å². The first kappa shape index (κ1) is 11.0. The molecule has 13 heavy (non-hydrogen) atoms. The second kappa shape index (κ2) is 3.27. The molecule has 0 saturated heterocycles. The predicted molar refractivity (Wildman–Crippen MR) is 56.8 cm³/mol. The van der Waals surface area contributed by atoms with E-state index in [1.807, 2.05) is 0 Å². The Labute approximate surface area is 82.9 Å². The molecule has 0 N–H and O–H groups in total. The minimum atomic E-state index is 0.0390. The summed E-state index contributed by atoms with van der Waals surface area (Å²) < 4.78 is 5.91. The lowest BCUT2D eigenvalue weighted by Gasteiger charge is -2.22. The number of rotatable bonds is 2. The van der Waals surface area contributed by atoms with Crippen molar-refractivity contribution in [3.63, 3.8) is 0 Å². The molecule has 0 aromatic carbocycles. The minimum absolute atomic E-state index is 0.0390. The molecule has 1 heteroatoms. The molecule has 2 unspecified atom stereocenters. The van der Waals surface area contributed by atoms with Gasteiger partial charge in [-0.2, -0.15) is 0 Å². The molecule has 1 aliphatic rings. The van der Waals surface area contributed by atoms with E-state index in [0.29, 0.717) is 11.5 Å². The summed E-state index contributed by atoms with van der Waals surface area (Å²) in [6, 6.07) is 0. The Morgan fingerprint density at radius 3 is 2.00 bits per heavy atom. The molecule has 1 fully saturated rings. The van der Waals surface area contributed by atoms with Gasteiger partial charge in [0.15, 0.2) is 0 Å².